The molecule has 0 spiro atoms. The summed E-state index contributed by atoms with van der Waals surface area (Å²) in [4.78, 5) is 13.0. The Morgan fingerprint density at radius 2 is 2.21 bits per heavy atom. The van der Waals surface area contributed by atoms with E-state index < -0.39 is 5.97 Å². The van der Waals surface area contributed by atoms with Crippen molar-refractivity contribution in [2.45, 2.75) is 6.42 Å². The van der Waals surface area contributed by atoms with Crippen LogP contribution in [0.4, 0.5) is 0 Å². The summed E-state index contributed by atoms with van der Waals surface area (Å²) < 4.78 is 5.55. The predicted molar refractivity (Wildman–Crippen MR) is 74.9 cm³/mol. The van der Waals surface area contributed by atoms with Crippen LogP contribution in [0, 0.1) is 0 Å². The highest BCUT2D eigenvalue weighted by molar-refractivity contribution is 5.87. The zero-order chi connectivity index (χ0) is 14.1. The molecule has 0 saturated heterocycles. The van der Waals surface area contributed by atoms with Crippen LogP contribution < -0.4 is 10.1 Å². The predicted octanol–water partition coefficient (Wildman–Crippen LogP) is 1.30. The highest BCUT2D eigenvalue weighted by Gasteiger charge is 2.04. The van der Waals surface area contributed by atoms with E-state index in [4.69, 9.17) is 9.84 Å². The van der Waals surface area contributed by atoms with E-state index in [9.17, 15) is 4.79 Å². The van der Waals surface area contributed by atoms with Crippen LogP contribution in [-0.4, -0.2) is 56.3 Å². The van der Waals surface area contributed by atoms with Gasteiger partial charge in [0.25, 0.3) is 0 Å². The fourth-order valence-corrected chi connectivity index (χ4v) is 1.68. The maximum atomic E-state index is 10.8. The van der Waals surface area contributed by atoms with Gasteiger partial charge in [0, 0.05) is 6.54 Å². The standard InChI is InChI=1S/C14H22N2O3/c1-15-7-4-8-16(2)9-10-19-13-6-3-5-12(11-13)14(17)18/h3,5-6,11,15H,4,7-10H2,1-2H3,(H,17,18). The van der Waals surface area contributed by atoms with Gasteiger partial charge in [-0.1, -0.05) is 6.07 Å². The molecule has 0 saturated carbocycles. The van der Waals surface area contributed by atoms with Gasteiger partial charge >= 0.3 is 5.97 Å². The Labute approximate surface area is 114 Å². The van der Waals surface area contributed by atoms with Crippen LogP contribution >= 0.6 is 0 Å². The smallest absolute Gasteiger partial charge is 0.335 e. The molecule has 0 aromatic heterocycles. The molecule has 0 unspecified atom stereocenters. The summed E-state index contributed by atoms with van der Waals surface area (Å²) >= 11 is 0. The summed E-state index contributed by atoms with van der Waals surface area (Å²) in [6, 6.07) is 6.56. The van der Waals surface area contributed by atoms with Gasteiger partial charge in [-0.15, -0.1) is 0 Å². The number of carbonyl (C=O) groups is 1. The van der Waals surface area contributed by atoms with Gasteiger partial charge < -0.3 is 20.1 Å². The maximum Gasteiger partial charge on any atom is 0.335 e. The molecule has 1 aromatic rings. The number of rotatable bonds is 9. The van der Waals surface area contributed by atoms with E-state index in [1.807, 2.05) is 14.1 Å². The fraction of sp³-hybridized carbons (Fsp3) is 0.500. The van der Waals surface area contributed by atoms with Crippen molar-refractivity contribution >= 4 is 5.97 Å². The van der Waals surface area contributed by atoms with Crippen molar-refractivity contribution < 1.29 is 14.6 Å². The van der Waals surface area contributed by atoms with Gasteiger partial charge in [0.05, 0.1) is 5.56 Å². The lowest BCUT2D eigenvalue weighted by Gasteiger charge is -2.16. The molecule has 0 amide bonds. The van der Waals surface area contributed by atoms with Crippen molar-refractivity contribution in [2.75, 3.05) is 40.3 Å². The lowest BCUT2D eigenvalue weighted by molar-refractivity contribution is 0.0696. The number of nitrogens with one attached hydrogen (secondary N) is 1. The van der Waals surface area contributed by atoms with Crippen LogP contribution in [0.2, 0.25) is 0 Å². The van der Waals surface area contributed by atoms with Crippen molar-refractivity contribution in [3.8, 4) is 5.75 Å². The second kappa shape index (κ2) is 8.50. The first kappa shape index (κ1) is 15.5. The Balaban J connectivity index is 2.28. The number of aromatic carboxylic acids is 1. The monoisotopic (exact) mass is 266 g/mol. The summed E-state index contributed by atoms with van der Waals surface area (Å²) in [7, 11) is 3.99. The number of likely N-dealkylation sites (N-methyl/N-ethyl adjacent to an activating group) is 1. The molecule has 0 fully saturated rings. The molecule has 1 rings (SSSR count). The third-order valence-electron chi connectivity index (χ3n) is 2.79. The Hall–Kier alpha value is -1.59. The van der Waals surface area contributed by atoms with Gasteiger partial charge in [0.15, 0.2) is 0 Å². The quantitative estimate of drug-likeness (QED) is 0.660. The van der Waals surface area contributed by atoms with Crippen molar-refractivity contribution in [1.82, 2.24) is 10.2 Å². The second-order valence-electron chi connectivity index (χ2n) is 4.44. The second-order valence-corrected chi connectivity index (χ2v) is 4.44. The average Bonchev–Trinajstić information content (AvgIpc) is 2.39. The summed E-state index contributed by atoms with van der Waals surface area (Å²) in [6.45, 7) is 3.39. The molecule has 5 nitrogen and oxygen atoms in total. The average molecular weight is 266 g/mol. The van der Waals surface area contributed by atoms with E-state index in [0.29, 0.717) is 12.4 Å². The van der Waals surface area contributed by atoms with Crippen LogP contribution in [0.25, 0.3) is 0 Å². The van der Waals surface area contributed by atoms with Gasteiger partial charge in [-0.3, -0.25) is 0 Å². The number of benzene rings is 1. The van der Waals surface area contributed by atoms with E-state index in [1.165, 1.54) is 0 Å². The third kappa shape index (κ3) is 6.22. The number of hydrogen-bond donors (Lipinski definition) is 2. The normalized spacial score (nSPS) is 10.7. The minimum atomic E-state index is -0.936. The summed E-state index contributed by atoms with van der Waals surface area (Å²) in [5.74, 6) is -0.335. The molecule has 106 valence electrons. The maximum absolute atomic E-state index is 10.8. The van der Waals surface area contributed by atoms with Gasteiger partial charge in [0.1, 0.15) is 12.4 Å². The van der Waals surface area contributed by atoms with Crippen LogP contribution in [0.1, 0.15) is 16.8 Å². The van der Waals surface area contributed by atoms with E-state index >= 15 is 0 Å². The van der Waals surface area contributed by atoms with Gasteiger partial charge in [-0.05, 0) is 51.8 Å². The third-order valence-corrected chi connectivity index (χ3v) is 2.79. The highest BCUT2D eigenvalue weighted by atomic mass is 16.5. The van der Waals surface area contributed by atoms with E-state index in [1.54, 1.807) is 24.3 Å². The molecule has 0 aliphatic heterocycles. The Kier molecular flexibility index (Phi) is 6.92. The molecule has 19 heavy (non-hydrogen) atoms. The molecular formula is C14H22N2O3. The highest BCUT2D eigenvalue weighted by Crippen LogP contribution is 2.13. The topological polar surface area (TPSA) is 61.8 Å². The first-order chi connectivity index (χ1) is 9.13. The van der Waals surface area contributed by atoms with Crippen LogP contribution in [0.15, 0.2) is 24.3 Å². The lowest BCUT2D eigenvalue weighted by atomic mass is 10.2. The lowest BCUT2D eigenvalue weighted by Crippen LogP contribution is -2.27. The minimum Gasteiger partial charge on any atom is -0.492 e. The molecule has 0 bridgehead atoms. The number of hydrogen-bond acceptors (Lipinski definition) is 4. The molecule has 5 heteroatoms. The Morgan fingerprint density at radius 3 is 2.89 bits per heavy atom. The molecule has 2 N–H and O–H groups in total. The largest absolute Gasteiger partial charge is 0.492 e. The minimum absolute atomic E-state index is 0.250. The number of carboxylic acids is 1. The van der Waals surface area contributed by atoms with Crippen molar-refractivity contribution in [2.24, 2.45) is 0 Å². The van der Waals surface area contributed by atoms with Gasteiger partial charge in [-0.25, -0.2) is 4.79 Å². The van der Waals surface area contributed by atoms with E-state index in [0.717, 1.165) is 26.1 Å². The van der Waals surface area contributed by atoms with E-state index in [2.05, 4.69) is 10.2 Å². The summed E-state index contributed by atoms with van der Waals surface area (Å²) in [6.07, 6.45) is 1.10. The summed E-state index contributed by atoms with van der Waals surface area (Å²) in [5.41, 5.74) is 0.250. The first-order valence-electron chi connectivity index (χ1n) is 6.43. The number of ether oxygens (including phenoxy) is 1. The summed E-state index contributed by atoms with van der Waals surface area (Å²) in [5, 5.41) is 12.0. The zero-order valence-electron chi connectivity index (χ0n) is 11.6. The van der Waals surface area contributed by atoms with Crippen molar-refractivity contribution in [3.05, 3.63) is 29.8 Å². The van der Waals surface area contributed by atoms with Crippen LogP contribution in [-0.2, 0) is 0 Å². The molecule has 0 aliphatic carbocycles. The van der Waals surface area contributed by atoms with Gasteiger partial charge in [-0.2, -0.15) is 0 Å². The van der Waals surface area contributed by atoms with Crippen molar-refractivity contribution in [3.63, 3.8) is 0 Å². The van der Waals surface area contributed by atoms with Gasteiger partial charge in [0.2, 0.25) is 0 Å². The van der Waals surface area contributed by atoms with Crippen LogP contribution in [0.5, 0.6) is 5.75 Å². The Morgan fingerprint density at radius 1 is 1.42 bits per heavy atom. The number of carboxylic acid groups (broad SMARTS) is 1. The number of nitrogens with zero attached hydrogens (tertiary/aromatic N) is 1. The molecule has 0 heterocycles. The molecule has 1 aromatic carbocycles. The SMILES string of the molecule is CNCCCN(C)CCOc1cccc(C(=O)O)c1. The zero-order valence-corrected chi connectivity index (χ0v) is 11.6. The molecule has 0 aliphatic rings. The molecule has 0 radical (unpaired) electrons. The molecule has 0 atom stereocenters. The molecular weight excluding hydrogens is 244 g/mol. The fourth-order valence-electron chi connectivity index (χ4n) is 1.68. The first-order valence-corrected chi connectivity index (χ1v) is 6.43. The Bertz CT molecular complexity index is 396. The van der Waals surface area contributed by atoms with Crippen molar-refractivity contribution in [1.29, 1.82) is 0 Å². The van der Waals surface area contributed by atoms with E-state index in [-0.39, 0.29) is 5.56 Å². The van der Waals surface area contributed by atoms with Crippen LogP contribution in [0.3, 0.4) is 0 Å².